The highest BCUT2D eigenvalue weighted by Gasteiger charge is 2.27. The van der Waals surface area contributed by atoms with Gasteiger partial charge in [-0.05, 0) is 58.9 Å². The average molecular weight is 300 g/mol. The van der Waals surface area contributed by atoms with Crippen molar-refractivity contribution in [1.82, 2.24) is 10.6 Å². The summed E-state index contributed by atoms with van der Waals surface area (Å²) in [5, 5.41) is 15.5. The summed E-state index contributed by atoms with van der Waals surface area (Å²) in [5.41, 5.74) is -0.445. The average Bonchev–Trinajstić information content (AvgIpc) is 2.79. The first kappa shape index (κ1) is 18.2. The number of aliphatic hydroxyl groups excluding tert-OH is 1. The molecule has 0 saturated heterocycles. The third-order valence-electron chi connectivity index (χ3n) is 3.96. The monoisotopic (exact) mass is 300 g/mol. The van der Waals surface area contributed by atoms with Crippen LogP contribution in [0.2, 0.25) is 0 Å². The fourth-order valence-corrected chi connectivity index (χ4v) is 2.74. The Morgan fingerprint density at radius 1 is 1.33 bits per heavy atom. The highest BCUT2D eigenvalue weighted by Crippen LogP contribution is 2.20. The van der Waals surface area contributed by atoms with Crippen molar-refractivity contribution in [2.45, 2.75) is 77.5 Å². The molecule has 1 saturated carbocycles. The number of rotatable bonds is 7. The number of carbonyl (C=O) groups is 1. The molecule has 0 aromatic carbocycles. The first-order valence-corrected chi connectivity index (χ1v) is 8.17. The van der Waals surface area contributed by atoms with Crippen molar-refractivity contribution in [2.75, 3.05) is 13.2 Å². The second kappa shape index (κ2) is 8.59. The van der Waals surface area contributed by atoms with Crippen molar-refractivity contribution < 1.29 is 14.6 Å². The second-order valence-electron chi connectivity index (χ2n) is 7.05. The van der Waals surface area contributed by atoms with Crippen LogP contribution in [0, 0.1) is 5.92 Å². The van der Waals surface area contributed by atoms with E-state index in [4.69, 9.17) is 9.84 Å². The van der Waals surface area contributed by atoms with Crippen molar-refractivity contribution >= 4 is 6.09 Å². The van der Waals surface area contributed by atoms with Crippen LogP contribution < -0.4 is 10.6 Å². The summed E-state index contributed by atoms with van der Waals surface area (Å²) in [6, 6.07) is 0.660. The summed E-state index contributed by atoms with van der Waals surface area (Å²) in [6.45, 7) is 8.98. The van der Waals surface area contributed by atoms with Gasteiger partial charge in [-0.15, -0.1) is 0 Å². The van der Waals surface area contributed by atoms with E-state index in [0.717, 1.165) is 38.6 Å². The van der Waals surface area contributed by atoms with Gasteiger partial charge in [-0.2, -0.15) is 0 Å². The Morgan fingerprint density at radius 3 is 2.57 bits per heavy atom. The third-order valence-corrected chi connectivity index (χ3v) is 3.96. The van der Waals surface area contributed by atoms with Crippen LogP contribution in [0.25, 0.3) is 0 Å². The molecule has 1 aliphatic rings. The Bertz CT molecular complexity index is 315. The molecule has 124 valence electrons. The minimum atomic E-state index is -0.445. The molecule has 0 aromatic heterocycles. The molecule has 3 atom stereocenters. The molecule has 21 heavy (non-hydrogen) atoms. The van der Waals surface area contributed by atoms with Gasteiger partial charge in [0.15, 0.2) is 0 Å². The van der Waals surface area contributed by atoms with Crippen LogP contribution in [0.4, 0.5) is 4.79 Å². The van der Waals surface area contributed by atoms with E-state index in [1.54, 1.807) is 0 Å². The summed E-state index contributed by atoms with van der Waals surface area (Å²) in [5.74, 6) is 0.535. The summed E-state index contributed by atoms with van der Waals surface area (Å²) in [4.78, 5) is 11.7. The molecule has 0 aliphatic heterocycles. The number of hydrogen-bond acceptors (Lipinski definition) is 4. The summed E-state index contributed by atoms with van der Waals surface area (Å²) >= 11 is 0. The predicted octanol–water partition coefficient (Wildman–Crippen LogP) is 2.43. The van der Waals surface area contributed by atoms with Crippen molar-refractivity contribution in [3.63, 3.8) is 0 Å². The standard InChI is InChI=1S/C16H32N2O3/c1-5-12(8-9-19)11-17-13-6-7-14(10-13)18-15(20)21-16(2,3)4/h12-14,17,19H,5-11H2,1-4H3,(H,18,20). The molecule has 3 unspecified atom stereocenters. The molecule has 5 nitrogen and oxygen atoms in total. The quantitative estimate of drug-likeness (QED) is 0.675. The van der Waals surface area contributed by atoms with Crippen molar-refractivity contribution in [1.29, 1.82) is 0 Å². The molecule has 0 radical (unpaired) electrons. The number of carbonyl (C=O) groups excluding carboxylic acids is 1. The van der Waals surface area contributed by atoms with Gasteiger partial charge in [-0.1, -0.05) is 13.3 Å². The Morgan fingerprint density at radius 2 is 2.00 bits per heavy atom. The normalized spacial score (nSPS) is 23.9. The Kier molecular flexibility index (Phi) is 7.46. The van der Waals surface area contributed by atoms with E-state index in [2.05, 4.69) is 17.6 Å². The highest BCUT2D eigenvalue weighted by atomic mass is 16.6. The van der Waals surface area contributed by atoms with Crippen LogP contribution in [-0.4, -0.2) is 42.0 Å². The molecule has 0 spiro atoms. The van der Waals surface area contributed by atoms with Crippen LogP contribution >= 0.6 is 0 Å². The molecule has 3 N–H and O–H groups in total. The van der Waals surface area contributed by atoms with Gasteiger partial charge < -0.3 is 20.5 Å². The maximum atomic E-state index is 11.7. The van der Waals surface area contributed by atoms with Gasteiger partial charge in [0.05, 0.1) is 0 Å². The molecule has 1 rings (SSSR count). The topological polar surface area (TPSA) is 70.6 Å². The maximum Gasteiger partial charge on any atom is 0.407 e. The van der Waals surface area contributed by atoms with Gasteiger partial charge in [0, 0.05) is 18.7 Å². The lowest BCUT2D eigenvalue weighted by Crippen LogP contribution is -2.39. The lowest BCUT2D eigenvalue weighted by Gasteiger charge is -2.22. The van der Waals surface area contributed by atoms with Gasteiger partial charge in [0.1, 0.15) is 5.60 Å². The van der Waals surface area contributed by atoms with Gasteiger partial charge in [-0.3, -0.25) is 0 Å². The lowest BCUT2D eigenvalue weighted by molar-refractivity contribution is 0.0505. The molecule has 0 aromatic rings. The SMILES string of the molecule is CCC(CCO)CNC1CCC(NC(=O)OC(C)(C)C)C1. The Hall–Kier alpha value is -0.810. The van der Waals surface area contributed by atoms with Crippen LogP contribution in [0.15, 0.2) is 0 Å². The third kappa shape index (κ3) is 7.67. The molecule has 5 heteroatoms. The van der Waals surface area contributed by atoms with Gasteiger partial charge in [0.25, 0.3) is 0 Å². The largest absolute Gasteiger partial charge is 0.444 e. The molecule has 0 heterocycles. The van der Waals surface area contributed by atoms with Crippen molar-refractivity contribution in [3.8, 4) is 0 Å². The first-order valence-electron chi connectivity index (χ1n) is 8.17. The summed E-state index contributed by atoms with van der Waals surface area (Å²) in [7, 11) is 0. The Labute approximate surface area is 128 Å². The number of alkyl carbamates (subject to hydrolysis) is 1. The number of ether oxygens (including phenoxy) is 1. The fraction of sp³-hybridized carbons (Fsp3) is 0.938. The number of aliphatic hydroxyl groups is 1. The van der Waals surface area contributed by atoms with E-state index in [-0.39, 0.29) is 18.7 Å². The van der Waals surface area contributed by atoms with Gasteiger partial charge >= 0.3 is 6.09 Å². The lowest BCUT2D eigenvalue weighted by atomic mass is 10.0. The minimum absolute atomic E-state index is 0.204. The molecule has 0 bridgehead atoms. The molecule has 1 amide bonds. The van der Waals surface area contributed by atoms with Crippen molar-refractivity contribution in [2.24, 2.45) is 5.92 Å². The van der Waals surface area contributed by atoms with Crippen molar-refractivity contribution in [3.05, 3.63) is 0 Å². The first-order chi connectivity index (χ1) is 9.84. The minimum Gasteiger partial charge on any atom is -0.444 e. The highest BCUT2D eigenvalue weighted by molar-refractivity contribution is 5.68. The summed E-state index contributed by atoms with van der Waals surface area (Å²) < 4.78 is 5.28. The molecule has 1 fully saturated rings. The van der Waals surface area contributed by atoms with E-state index in [0.29, 0.717) is 12.0 Å². The zero-order valence-corrected chi connectivity index (χ0v) is 13.9. The van der Waals surface area contributed by atoms with E-state index in [9.17, 15) is 4.79 Å². The second-order valence-corrected chi connectivity index (χ2v) is 7.05. The zero-order chi connectivity index (χ0) is 15.9. The zero-order valence-electron chi connectivity index (χ0n) is 13.9. The number of hydrogen-bond donors (Lipinski definition) is 3. The Balaban J connectivity index is 2.24. The van der Waals surface area contributed by atoms with Crippen LogP contribution in [0.5, 0.6) is 0 Å². The maximum absolute atomic E-state index is 11.7. The molecular weight excluding hydrogens is 268 g/mol. The van der Waals surface area contributed by atoms with Crippen LogP contribution in [0.3, 0.4) is 0 Å². The smallest absolute Gasteiger partial charge is 0.407 e. The number of amides is 1. The van der Waals surface area contributed by atoms with E-state index >= 15 is 0 Å². The van der Waals surface area contributed by atoms with Gasteiger partial charge in [-0.25, -0.2) is 4.79 Å². The van der Waals surface area contributed by atoms with Crippen LogP contribution in [-0.2, 0) is 4.74 Å². The van der Waals surface area contributed by atoms with Gasteiger partial charge in [0.2, 0.25) is 0 Å². The van der Waals surface area contributed by atoms with E-state index < -0.39 is 5.60 Å². The molecule has 1 aliphatic carbocycles. The van der Waals surface area contributed by atoms with Crippen LogP contribution in [0.1, 0.15) is 59.8 Å². The van der Waals surface area contributed by atoms with E-state index in [1.807, 2.05) is 20.8 Å². The summed E-state index contributed by atoms with van der Waals surface area (Å²) in [6.07, 6.45) is 4.65. The van der Waals surface area contributed by atoms with E-state index in [1.165, 1.54) is 0 Å². The predicted molar refractivity (Wildman–Crippen MR) is 84.3 cm³/mol. The molecular formula is C16H32N2O3. The number of nitrogens with one attached hydrogen (secondary N) is 2. The fourth-order valence-electron chi connectivity index (χ4n) is 2.74.